The lowest BCUT2D eigenvalue weighted by Crippen LogP contribution is -1.99. The molecule has 0 aromatic heterocycles. The number of thioether (sulfide) groups is 2. The molecule has 0 atom stereocenters. The summed E-state index contributed by atoms with van der Waals surface area (Å²) in [5.74, 6) is -3.03. The van der Waals surface area contributed by atoms with E-state index in [0.29, 0.717) is 9.79 Å². The molecule has 5 rings (SSSR count). The number of carbonyl (C=O) groups excluding carboxylic acids is 6. The standard InChI is InChI=1S/C24H10O8S2/c25-19-15-7-1-11(9-17(15)21(27)31-19)23(29)33-13-3-5-14(6-4-13)34-24(30)12-2-8-16-18(10-12)22(28)32-20(16)26/h1-10H. The quantitative estimate of drug-likeness (QED) is 0.299. The Balaban J connectivity index is 1.26. The maximum absolute atomic E-state index is 12.6. The minimum absolute atomic E-state index is 0.0610. The molecule has 8 nitrogen and oxygen atoms in total. The molecule has 10 heteroatoms. The first kappa shape index (κ1) is 21.8. The van der Waals surface area contributed by atoms with Crippen molar-refractivity contribution in [2.24, 2.45) is 0 Å². The van der Waals surface area contributed by atoms with Crippen molar-refractivity contribution in [3.05, 3.63) is 94.0 Å². The minimum Gasteiger partial charge on any atom is -0.386 e. The Morgan fingerprint density at radius 3 is 1.24 bits per heavy atom. The Morgan fingerprint density at radius 2 is 0.853 bits per heavy atom. The van der Waals surface area contributed by atoms with E-state index in [1.165, 1.54) is 36.4 Å². The normalized spacial score (nSPS) is 13.9. The molecule has 3 aromatic rings. The Kier molecular flexibility index (Phi) is 5.39. The molecule has 0 saturated carbocycles. The highest BCUT2D eigenvalue weighted by molar-refractivity contribution is 8.14. The van der Waals surface area contributed by atoms with Crippen LogP contribution in [0, 0.1) is 0 Å². The van der Waals surface area contributed by atoms with Gasteiger partial charge in [0.05, 0.1) is 22.3 Å². The average Bonchev–Trinajstić information content (AvgIpc) is 3.28. The van der Waals surface area contributed by atoms with Crippen molar-refractivity contribution in [2.75, 3.05) is 0 Å². The molecule has 3 aromatic carbocycles. The van der Waals surface area contributed by atoms with Gasteiger partial charge in [-0.1, -0.05) is 0 Å². The van der Waals surface area contributed by atoms with Gasteiger partial charge in [0, 0.05) is 20.9 Å². The first-order chi connectivity index (χ1) is 16.3. The summed E-state index contributed by atoms with van der Waals surface area (Å²) in [4.78, 5) is 72.9. The fraction of sp³-hybridized carbons (Fsp3) is 0. The molecule has 0 bridgehead atoms. The van der Waals surface area contributed by atoms with E-state index in [1.54, 1.807) is 24.3 Å². The van der Waals surface area contributed by atoms with E-state index < -0.39 is 23.9 Å². The van der Waals surface area contributed by atoms with Crippen LogP contribution in [0.3, 0.4) is 0 Å². The van der Waals surface area contributed by atoms with Gasteiger partial charge >= 0.3 is 23.9 Å². The maximum atomic E-state index is 12.6. The summed E-state index contributed by atoms with van der Waals surface area (Å²) in [7, 11) is 0. The summed E-state index contributed by atoms with van der Waals surface area (Å²) in [6.45, 7) is 0. The van der Waals surface area contributed by atoms with Crippen LogP contribution in [-0.4, -0.2) is 34.1 Å². The molecule has 0 radical (unpaired) electrons. The van der Waals surface area contributed by atoms with Gasteiger partial charge in [0.2, 0.25) is 10.2 Å². The molecule has 2 aliphatic rings. The summed E-state index contributed by atoms with van der Waals surface area (Å²) in [6.07, 6.45) is 0. The average molecular weight is 490 g/mol. The van der Waals surface area contributed by atoms with Crippen molar-refractivity contribution in [2.45, 2.75) is 9.79 Å². The number of carbonyl (C=O) groups is 6. The number of esters is 4. The molecule has 0 amide bonds. The number of benzene rings is 3. The van der Waals surface area contributed by atoms with Crippen molar-refractivity contribution in [1.29, 1.82) is 0 Å². The van der Waals surface area contributed by atoms with Crippen LogP contribution in [0.15, 0.2) is 70.5 Å². The Morgan fingerprint density at radius 1 is 0.500 bits per heavy atom. The number of ether oxygens (including phenoxy) is 2. The van der Waals surface area contributed by atoms with Crippen molar-refractivity contribution in [3.8, 4) is 0 Å². The van der Waals surface area contributed by atoms with E-state index >= 15 is 0 Å². The molecule has 0 N–H and O–H groups in total. The predicted molar refractivity (Wildman–Crippen MR) is 119 cm³/mol. The monoisotopic (exact) mass is 490 g/mol. The van der Waals surface area contributed by atoms with Gasteiger partial charge in [0.25, 0.3) is 0 Å². The highest BCUT2D eigenvalue weighted by Crippen LogP contribution is 2.30. The zero-order chi connectivity index (χ0) is 24.0. The van der Waals surface area contributed by atoms with Gasteiger partial charge in [-0.05, 0) is 84.2 Å². The van der Waals surface area contributed by atoms with Gasteiger partial charge in [-0.25, -0.2) is 19.2 Å². The topological polar surface area (TPSA) is 121 Å². The van der Waals surface area contributed by atoms with Crippen LogP contribution in [0.2, 0.25) is 0 Å². The summed E-state index contributed by atoms with van der Waals surface area (Å²) in [5, 5.41) is -0.656. The molecular weight excluding hydrogens is 480 g/mol. The first-order valence-electron chi connectivity index (χ1n) is 9.66. The van der Waals surface area contributed by atoms with Crippen molar-refractivity contribution >= 4 is 57.6 Å². The van der Waals surface area contributed by atoms with E-state index in [0.717, 1.165) is 23.5 Å². The summed E-state index contributed by atoms with van der Waals surface area (Å²) in [6, 6.07) is 15.0. The Hall–Kier alpha value is -4.02. The summed E-state index contributed by atoms with van der Waals surface area (Å²) in [5.41, 5.74) is 0.876. The second-order valence-electron chi connectivity index (χ2n) is 7.13. The Bertz CT molecular complexity index is 1350. The largest absolute Gasteiger partial charge is 0.386 e. The molecule has 0 unspecified atom stereocenters. The van der Waals surface area contributed by atoms with E-state index in [-0.39, 0.29) is 43.6 Å². The smallest absolute Gasteiger partial charge is 0.346 e. The molecule has 0 aliphatic carbocycles. The third-order valence-corrected chi connectivity index (χ3v) is 6.86. The van der Waals surface area contributed by atoms with E-state index in [9.17, 15) is 28.8 Å². The number of cyclic esters (lactones) is 4. The lowest BCUT2D eigenvalue weighted by Gasteiger charge is -2.05. The van der Waals surface area contributed by atoms with E-state index in [4.69, 9.17) is 0 Å². The van der Waals surface area contributed by atoms with Gasteiger partial charge < -0.3 is 9.47 Å². The van der Waals surface area contributed by atoms with E-state index in [2.05, 4.69) is 9.47 Å². The predicted octanol–water partition coefficient (Wildman–Crippen LogP) is 4.17. The highest BCUT2D eigenvalue weighted by Gasteiger charge is 2.31. The molecule has 2 heterocycles. The van der Waals surface area contributed by atoms with Crippen LogP contribution >= 0.6 is 23.5 Å². The zero-order valence-electron chi connectivity index (χ0n) is 16.9. The van der Waals surface area contributed by atoms with Gasteiger partial charge in [-0.15, -0.1) is 0 Å². The van der Waals surface area contributed by atoms with Crippen LogP contribution in [0.5, 0.6) is 0 Å². The fourth-order valence-electron chi connectivity index (χ4n) is 3.33. The first-order valence-corrected chi connectivity index (χ1v) is 11.3. The molecule has 0 fully saturated rings. The Labute approximate surface area is 199 Å². The van der Waals surface area contributed by atoms with Crippen LogP contribution in [-0.2, 0) is 9.47 Å². The number of fused-ring (bicyclic) bond motifs is 2. The molecular formula is C24H10O8S2. The van der Waals surface area contributed by atoms with E-state index in [1.807, 2.05) is 0 Å². The molecule has 0 spiro atoms. The summed E-state index contributed by atoms with van der Waals surface area (Å²) >= 11 is 1.86. The third-order valence-electron chi connectivity index (χ3n) is 5.01. The minimum atomic E-state index is -0.780. The number of hydrogen-bond acceptors (Lipinski definition) is 10. The highest BCUT2D eigenvalue weighted by atomic mass is 32.2. The number of rotatable bonds is 4. The van der Waals surface area contributed by atoms with Crippen molar-refractivity contribution < 1.29 is 38.2 Å². The SMILES string of the molecule is O=C(Sc1ccc(SC(=O)c2ccc3c(c2)C(=O)OC3=O)cc1)c1ccc2c(c1)C(=O)OC2=O. The molecule has 34 heavy (non-hydrogen) atoms. The van der Waals surface area contributed by atoms with Gasteiger partial charge in [0.15, 0.2) is 0 Å². The maximum Gasteiger partial charge on any atom is 0.346 e. The second kappa shape index (κ2) is 8.40. The molecule has 2 aliphatic heterocycles. The van der Waals surface area contributed by atoms with Gasteiger partial charge in [-0.3, -0.25) is 9.59 Å². The van der Waals surface area contributed by atoms with Crippen LogP contribution in [0.1, 0.15) is 62.1 Å². The van der Waals surface area contributed by atoms with Gasteiger partial charge in [0.1, 0.15) is 0 Å². The lowest BCUT2D eigenvalue weighted by molar-refractivity contribution is 0.0425. The number of hydrogen-bond donors (Lipinski definition) is 0. The molecule has 0 saturated heterocycles. The molecule has 166 valence electrons. The summed E-state index contributed by atoms with van der Waals surface area (Å²) < 4.78 is 9.06. The van der Waals surface area contributed by atoms with Crippen molar-refractivity contribution in [3.63, 3.8) is 0 Å². The van der Waals surface area contributed by atoms with Crippen LogP contribution in [0.4, 0.5) is 0 Å². The second-order valence-corrected chi connectivity index (χ2v) is 9.22. The van der Waals surface area contributed by atoms with Crippen molar-refractivity contribution in [1.82, 2.24) is 0 Å². The van der Waals surface area contributed by atoms with Crippen LogP contribution < -0.4 is 0 Å². The van der Waals surface area contributed by atoms with Gasteiger partial charge in [-0.2, -0.15) is 0 Å². The zero-order valence-corrected chi connectivity index (χ0v) is 18.5. The van der Waals surface area contributed by atoms with Crippen LogP contribution in [0.25, 0.3) is 0 Å². The fourth-order valence-corrected chi connectivity index (χ4v) is 4.79. The lowest BCUT2D eigenvalue weighted by atomic mass is 10.1. The third kappa shape index (κ3) is 3.93.